The van der Waals surface area contributed by atoms with Gasteiger partial charge in [-0.1, -0.05) is 19.3 Å². The first-order valence-electron chi connectivity index (χ1n) is 5.79. The van der Waals surface area contributed by atoms with Gasteiger partial charge in [0.15, 0.2) is 0 Å². The van der Waals surface area contributed by atoms with Crippen LogP contribution < -0.4 is 11.1 Å². The first-order chi connectivity index (χ1) is 6.75. The number of hydrogen-bond donors (Lipinski definition) is 2. The Labute approximate surface area is 85.4 Å². The van der Waals surface area contributed by atoms with Crippen LogP contribution in [0.5, 0.6) is 0 Å². The number of hydrogen-bond acceptors (Lipinski definition) is 2. The van der Waals surface area contributed by atoms with E-state index in [-0.39, 0.29) is 17.4 Å². The van der Waals surface area contributed by atoms with Gasteiger partial charge in [0.25, 0.3) is 0 Å². The lowest BCUT2D eigenvalue weighted by molar-refractivity contribution is -0.126. The lowest BCUT2D eigenvalue weighted by Crippen LogP contribution is -2.59. The number of nitrogens with two attached hydrogens (primary N) is 1. The number of carbonyl (C=O) groups is 1. The molecule has 0 bridgehead atoms. The van der Waals surface area contributed by atoms with Crippen molar-refractivity contribution in [1.29, 1.82) is 0 Å². The van der Waals surface area contributed by atoms with Crippen LogP contribution in [-0.4, -0.2) is 18.0 Å². The van der Waals surface area contributed by atoms with Gasteiger partial charge in [-0.15, -0.1) is 0 Å². The maximum absolute atomic E-state index is 11.4. The molecule has 1 saturated carbocycles. The molecule has 3 N–H and O–H groups in total. The van der Waals surface area contributed by atoms with Crippen LogP contribution in [0, 0.1) is 5.92 Å². The average molecular weight is 196 g/mol. The Hall–Kier alpha value is -0.570. The lowest BCUT2D eigenvalue weighted by Gasteiger charge is -2.46. The van der Waals surface area contributed by atoms with Gasteiger partial charge >= 0.3 is 0 Å². The van der Waals surface area contributed by atoms with E-state index < -0.39 is 0 Å². The van der Waals surface area contributed by atoms with Crippen molar-refractivity contribution in [2.45, 2.75) is 50.5 Å². The van der Waals surface area contributed by atoms with Crippen molar-refractivity contribution >= 4 is 5.91 Å². The van der Waals surface area contributed by atoms with E-state index in [9.17, 15) is 4.79 Å². The highest BCUT2D eigenvalue weighted by Crippen LogP contribution is 2.38. The molecular formula is C11H20N2O. The quantitative estimate of drug-likeness (QED) is 0.661. The molecule has 1 unspecified atom stereocenters. The Morgan fingerprint density at radius 3 is 2.57 bits per heavy atom. The zero-order valence-electron chi connectivity index (χ0n) is 8.72. The topological polar surface area (TPSA) is 55.1 Å². The van der Waals surface area contributed by atoms with Gasteiger partial charge in [-0.05, 0) is 32.2 Å². The Balaban J connectivity index is 2.14. The molecule has 0 aromatic carbocycles. The summed E-state index contributed by atoms with van der Waals surface area (Å²) in [6.45, 7) is 1.06. The largest absolute Gasteiger partial charge is 0.369 e. The maximum atomic E-state index is 11.4. The van der Waals surface area contributed by atoms with Crippen molar-refractivity contribution in [3.8, 4) is 0 Å². The predicted octanol–water partition coefficient (Wildman–Crippen LogP) is 1.17. The zero-order chi connectivity index (χ0) is 10.0. The number of nitrogens with one attached hydrogen (secondary N) is 1. The van der Waals surface area contributed by atoms with Crippen LogP contribution in [-0.2, 0) is 4.79 Å². The third-order valence-corrected chi connectivity index (χ3v) is 3.90. The van der Waals surface area contributed by atoms with Crippen LogP contribution in [0.2, 0.25) is 0 Å². The summed E-state index contributed by atoms with van der Waals surface area (Å²) in [5, 5.41) is 3.57. The monoisotopic (exact) mass is 196 g/mol. The molecule has 1 heterocycles. The van der Waals surface area contributed by atoms with Gasteiger partial charge in [0.1, 0.15) is 0 Å². The van der Waals surface area contributed by atoms with Gasteiger partial charge in [-0.2, -0.15) is 0 Å². The van der Waals surface area contributed by atoms with E-state index >= 15 is 0 Å². The normalized spacial score (nSPS) is 31.6. The second-order valence-electron chi connectivity index (χ2n) is 4.74. The molecule has 3 nitrogen and oxygen atoms in total. The molecule has 80 valence electrons. The molecule has 2 rings (SSSR count). The first kappa shape index (κ1) is 9.97. The molecule has 0 aromatic rings. The molecule has 2 fully saturated rings. The Kier molecular flexibility index (Phi) is 2.77. The van der Waals surface area contributed by atoms with E-state index in [1.165, 1.54) is 19.3 Å². The minimum Gasteiger partial charge on any atom is -0.369 e. The summed E-state index contributed by atoms with van der Waals surface area (Å²) in [6.07, 6.45) is 8.17. The predicted molar refractivity (Wildman–Crippen MR) is 55.7 cm³/mol. The summed E-state index contributed by atoms with van der Waals surface area (Å²) < 4.78 is 0. The number of primary amides is 1. The molecule has 3 heteroatoms. The number of amides is 1. The number of carbonyl (C=O) groups excluding carboxylic acids is 1. The van der Waals surface area contributed by atoms with E-state index in [2.05, 4.69) is 5.32 Å². The van der Waals surface area contributed by atoms with Crippen LogP contribution in [0.4, 0.5) is 0 Å². The summed E-state index contributed by atoms with van der Waals surface area (Å²) in [5.74, 6) is -0.0179. The molecule has 1 aliphatic heterocycles. The third-order valence-electron chi connectivity index (χ3n) is 3.90. The van der Waals surface area contributed by atoms with Gasteiger partial charge in [0.05, 0.1) is 5.92 Å². The number of piperidine rings is 1. The molecule has 1 spiro atoms. The van der Waals surface area contributed by atoms with Gasteiger partial charge in [0, 0.05) is 5.54 Å². The minimum absolute atomic E-state index is 0.0718. The summed E-state index contributed by atoms with van der Waals surface area (Å²) >= 11 is 0. The zero-order valence-corrected chi connectivity index (χ0v) is 8.72. The van der Waals surface area contributed by atoms with Crippen molar-refractivity contribution in [2.75, 3.05) is 6.54 Å². The second-order valence-corrected chi connectivity index (χ2v) is 4.74. The molecule has 0 aromatic heterocycles. The molecule has 1 amide bonds. The van der Waals surface area contributed by atoms with Gasteiger partial charge in [-0.3, -0.25) is 4.79 Å². The average Bonchev–Trinajstić information content (AvgIpc) is 2.19. The maximum Gasteiger partial charge on any atom is 0.222 e. The Bertz CT molecular complexity index is 213. The van der Waals surface area contributed by atoms with Crippen molar-refractivity contribution in [1.82, 2.24) is 5.32 Å². The molecule has 0 radical (unpaired) electrons. The van der Waals surface area contributed by atoms with Crippen LogP contribution >= 0.6 is 0 Å². The lowest BCUT2D eigenvalue weighted by atomic mass is 9.69. The second kappa shape index (κ2) is 3.89. The van der Waals surface area contributed by atoms with E-state index in [0.717, 1.165) is 32.2 Å². The van der Waals surface area contributed by atoms with E-state index in [0.29, 0.717) is 0 Å². The first-order valence-corrected chi connectivity index (χ1v) is 5.79. The van der Waals surface area contributed by atoms with Gasteiger partial charge in [0.2, 0.25) is 5.91 Å². The molecule has 1 saturated heterocycles. The van der Waals surface area contributed by atoms with E-state index in [4.69, 9.17) is 5.73 Å². The van der Waals surface area contributed by atoms with Crippen molar-refractivity contribution in [3.63, 3.8) is 0 Å². The highest BCUT2D eigenvalue weighted by molar-refractivity contribution is 5.78. The fraction of sp³-hybridized carbons (Fsp3) is 0.909. The van der Waals surface area contributed by atoms with Crippen molar-refractivity contribution < 1.29 is 4.79 Å². The summed E-state index contributed by atoms with van der Waals surface area (Å²) in [7, 11) is 0. The SMILES string of the molecule is NC(=O)C1CCCNC12CCCCC2. The van der Waals surface area contributed by atoms with E-state index in [1.54, 1.807) is 0 Å². The molecular weight excluding hydrogens is 176 g/mol. The van der Waals surface area contributed by atoms with Gasteiger partial charge < -0.3 is 11.1 Å². The molecule has 1 aliphatic carbocycles. The van der Waals surface area contributed by atoms with Crippen LogP contribution in [0.1, 0.15) is 44.9 Å². The third kappa shape index (κ3) is 1.65. The molecule has 1 atom stereocenters. The fourth-order valence-corrected chi connectivity index (χ4v) is 3.17. The summed E-state index contributed by atoms with van der Waals surface area (Å²) in [5.41, 5.74) is 5.57. The van der Waals surface area contributed by atoms with Gasteiger partial charge in [-0.25, -0.2) is 0 Å². The Morgan fingerprint density at radius 1 is 1.21 bits per heavy atom. The van der Waals surface area contributed by atoms with E-state index in [1.807, 2.05) is 0 Å². The molecule has 2 aliphatic rings. The summed E-state index contributed by atoms with van der Waals surface area (Å²) in [6, 6.07) is 0. The van der Waals surface area contributed by atoms with Crippen molar-refractivity contribution in [2.24, 2.45) is 11.7 Å². The van der Waals surface area contributed by atoms with Crippen molar-refractivity contribution in [3.05, 3.63) is 0 Å². The Morgan fingerprint density at radius 2 is 1.93 bits per heavy atom. The highest BCUT2D eigenvalue weighted by atomic mass is 16.1. The van der Waals surface area contributed by atoms with Crippen LogP contribution in [0.3, 0.4) is 0 Å². The number of rotatable bonds is 1. The minimum atomic E-state index is -0.0981. The van der Waals surface area contributed by atoms with Crippen LogP contribution in [0.25, 0.3) is 0 Å². The smallest absolute Gasteiger partial charge is 0.222 e. The molecule has 14 heavy (non-hydrogen) atoms. The fourth-order valence-electron chi connectivity index (χ4n) is 3.17. The standard InChI is InChI=1S/C11H20N2O/c12-10(14)9-5-4-8-13-11(9)6-2-1-3-7-11/h9,13H,1-8H2,(H2,12,14). The highest BCUT2D eigenvalue weighted by Gasteiger charge is 2.43. The summed E-state index contributed by atoms with van der Waals surface area (Å²) in [4.78, 5) is 11.4. The van der Waals surface area contributed by atoms with Crippen LogP contribution in [0.15, 0.2) is 0 Å².